The fourth-order valence-corrected chi connectivity index (χ4v) is 8.22. The van der Waals surface area contributed by atoms with Gasteiger partial charge in [-0.05, 0) is 49.9 Å². The van der Waals surface area contributed by atoms with Crippen LogP contribution in [0.5, 0.6) is 0 Å². The van der Waals surface area contributed by atoms with Gasteiger partial charge in [-0.3, -0.25) is 4.79 Å². The van der Waals surface area contributed by atoms with E-state index in [0.29, 0.717) is 56.5 Å². The Bertz CT molecular complexity index is 1690. The van der Waals surface area contributed by atoms with E-state index >= 15 is 0 Å². The van der Waals surface area contributed by atoms with Gasteiger partial charge in [-0.2, -0.15) is 18.4 Å². The first-order valence-corrected chi connectivity index (χ1v) is 16.2. The third-order valence-corrected chi connectivity index (χ3v) is 11.1. The highest BCUT2D eigenvalue weighted by atomic mass is 32.2. The number of nitriles is 1. The third kappa shape index (κ3) is 4.97. The van der Waals surface area contributed by atoms with E-state index in [1.54, 1.807) is 12.1 Å². The molecule has 8 nitrogen and oxygen atoms in total. The first-order valence-electron chi connectivity index (χ1n) is 14.4. The average Bonchev–Trinajstić information content (AvgIpc) is 3.68. The molecule has 1 aliphatic heterocycles. The highest BCUT2D eigenvalue weighted by Crippen LogP contribution is 2.68. The molecular weight excluding hydrogens is 581 g/mol. The van der Waals surface area contributed by atoms with Crippen LogP contribution in [0, 0.1) is 22.2 Å². The summed E-state index contributed by atoms with van der Waals surface area (Å²) in [4.78, 5) is 19.9. The molecule has 2 aliphatic carbocycles. The minimum absolute atomic E-state index is 0.0572. The summed E-state index contributed by atoms with van der Waals surface area (Å²) in [5, 5.41) is 10.2. The molecule has 1 saturated heterocycles. The van der Waals surface area contributed by atoms with E-state index in [9.17, 15) is 31.6 Å². The van der Waals surface area contributed by atoms with E-state index < -0.39 is 44.2 Å². The molecule has 0 radical (unpaired) electrons. The van der Waals surface area contributed by atoms with Gasteiger partial charge in [0, 0.05) is 35.8 Å². The zero-order chi connectivity index (χ0) is 30.6. The van der Waals surface area contributed by atoms with Crippen LogP contribution in [0.1, 0.15) is 55.8 Å². The number of carbonyl (C=O) groups excluding carboxylic acids is 1. The van der Waals surface area contributed by atoms with E-state index in [4.69, 9.17) is 10.2 Å². The zero-order valence-corrected chi connectivity index (χ0v) is 24.2. The van der Waals surface area contributed by atoms with Crippen LogP contribution in [0.15, 0.2) is 52.9 Å². The van der Waals surface area contributed by atoms with Gasteiger partial charge in [-0.1, -0.05) is 37.1 Å². The molecule has 3 aromatic rings. The van der Waals surface area contributed by atoms with Crippen LogP contribution in [0.3, 0.4) is 0 Å². The lowest BCUT2D eigenvalue weighted by atomic mass is 9.56. The van der Waals surface area contributed by atoms with Crippen molar-refractivity contribution in [2.45, 2.75) is 50.6 Å². The Morgan fingerprint density at radius 2 is 1.72 bits per heavy atom. The van der Waals surface area contributed by atoms with E-state index in [-0.39, 0.29) is 28.7 Å². The summed E-state index contributed by atoms with van der Waals surface area (Å²) < 4.78 is 72.1. The molecule has 1 amide bonds. The van der Waals surface area contributed by atoms with Gasteiger partial charge in [0.05, 0.1) is 34.0 Å². The summed E-state index contributed by atoms with van der Waals surface area (Å²) in [5.74, 6) is -1.12. The zero-order valence-electron chi connectivity index (χ0n) is 23.4. The highest BCUT2D eigenvalue weighted by molar-refractivity contribution is 7.91. The number of hydrogen-bond donors (Lipinski definition) is 1. The molecule has 3 fully saturated rings. The SMILES string of the molecule is N#CC1(C2(C(N)=O)CCCCC2c2oc(-c3ccccc3C(F)(F)F)nc2-c2ccc(N3CCS(=O)(=O)CC3)cc2)CC1. The molecule has 6 rings (SSSR count). The van der Waals surface area contributed by atoms with Gasteiger partial charge in [0.15, 0.2) is 9.84 Å². The summed E-state index contributed by atoms with van der Waals surface area (Å²) in [6, 6.07) is 14.6. The maximum absolute atomic E-state index is 14.0. The highest BCUT2D eigenvalue weighted by Gasteiger charge is 2.68. The lowest BCUT2D eigenvalue weighted by Crippen LogP contribution is -2.50. The molecule has 2 unspecified atom stereocenters. The minimum Gasteiger partial charge on any atom is -0.440 e. The Morgan fingerprint density at radius 1 is 1.05 bits per heavy atom. The van der Waals surface area contributed by atoms with Crippen molar-refractivity contribution in [3.05, 3.63) is 59.9 Å². The van der Waals surface area contributed by atoms with Crippen molar-refractivity contribution in [1.82, 2.24) is 4.98 Å². The predicted molar refractivity (Wildman–Crippen MR) is 153 cm³/mol. The van der Waals surface area contributed by atoms with Crippen molar-refractivity contribution in [1.29, 1.82) is 5.26 Å². The molecule has 2 atom stereocenters. The number of sulfone groups is 1. The predicted octanol–water partition coefficient (Wildman–Crippen LogP) is 5.70. The number of amides is 1. The molecule has 2 heterocycles. The van der Waals surface area contributed by atoms with E-state index in [2.05, 4.69) is 11.1 Å². The fourth-order valence-electron chi connectivity index (χ4n) is 7.02. The van der Waals surface area contributed by atoms with Gasteiger partial charge in [0.2, 0.25) is 11.8 Å². The smallest absolute Gasteiger partial charge is 0.417 e. The molecule has 2 N–H and O–H groups in total. The quantitative estimate of drug-likeness (QED) is 0.378. The van der Waals surface area contributed by atoms with Crippen LogP contribution in [0.4, 0.5) is 18.9 Å². The second-order valence-corrected chi connectivity index (χ2v) is 14.1. The second kappa shape index (κ2) is 10.4. The Labute approximate surface area is 247 Å². The van der Waals surface area contributed by atoms with Gasteiger partial charge in [0.25, 0.3) is 0 Å². The molecule has 3 aliphatic rings. The van der Waals surface area contributed by atoms with Crippen molar-refractivity contribution in [2.75, 3.05) is 29.5 Å². The van der Waals surface area contributed by atoms with Crippen LogP contribution in [0.25, 0.3) is 22.7 Å². The first-order chi connectivity index (χ1) is 20.4. The number of nitrogens with zero attached hydrogens (tertiary/aromatic N) is 3. The van der Waals surface area contributed by atoms with Crippen LogP contribution < -0.4 is 10.6 Å². The van der Waals surface area contributed by atoms with Gasteiger partial charge in [-0.15, -0.1) is 0 Å². The Morgan fingerprint density at radius 3 is 2.33 bits per heavy atom. The molecule has 0 bridgehead atoms. The summed E-state index contributed by atoms with van der Waals surface area (Å²) >= 11 is 0. The monoisotopic (exact) mass is 612 g/mol. The van der Waals surface area contributed by atoms with Crippen LogP contribution in [-0.2, 0) is 20.8 Å². The van der Waals surface area contributed by atoms with E-state index in [1.165, 1.54) is 18.2 Å². The number of alkyl halides is 3. The third-order valence-electron chi connectivity index (χ3n) is 9.45. The summed E-state index contributed by atoms with van der Waals surface area (Å²) in [6.07, 6.45) is -1.37. The van der Waals surface area contributed by atoms with E-state index in [0.717, 1.165) is 18.2 Å². The van der Waals surface area contributed by atoms with Gasteiger partial charge in [0.1, 0.15) is 11.5 Å². The average molecular weight is 613 g/mol. The number of carbonyl (C=O) groups is 1. The van der Waals surface area contributed by atoms with Crippen LogP contribution in [0.2, 0.25) is 0 Å². The number of aromatic nitrogens is 1. The van der Waals surface area contributed by atoms with E-state index in [1.807, 2.05) is 17.0 Å². The molecular formula is C31H31F3N4O4S. The lowest BCUT2D eigenvalue weighted by molar-refractivity contribution is -0.137. The van der Waals surface area contributed by atoms with Crippen molar-refractivity contribution in [3.8, 4) is 28.8 Å². The van der Waals surface area contributed by atoms with Crippen molar-refractivity contribution in [3.63, 3.8) is 0 Å². The first kappa shape index (κ1) is 29.2. The van der Waals surface area contributed by atoms with Crippen molar-refractivity contribution in [2.24, 2.45) is 16.6 Å². The number of oxazole rings is 1. The summed E-state index contributed by atoms with van der Waals surface area (Å²) in [5.41, 5.74) is 4.43. The van der Waals surface area contributed by atoms with Crippen molar-refractivity contribution >= 4 is 21.4 Å². The molecule has 12 heteroatoms. The van der Waals surface area contributed by atoms with Crippen LogP contribution >= 0.6 is 0 Å². The molecule has 0 spiro atoms. The Hall–Kier alpha value is -3.85. The van der Waals surface area contributed by atoms with Crippen LogP contribution in [-0.4, -0.2) is 43.9 Å². The maximum Gasteiger partial charge on any atom is 0.417 e. The Balaban J connectivity index is 1.49. The van der Waals surface area contributed by atoms with Crippen molar-refractivity contribution < 1.29 is 30.8 Å². The number of halogens is 3. The van der Waals surface area contributed by atoms with Gasteiger partial charge < -0.3 is 15.1 Å². The largest absolute Gasteiger partial charge is 0.440 e. The number of anilines is 1. The molecule has 226 valence electrons. The number of primary amides is 1. The normalized spacial score (nSPS) is 24.7. The summed E-state index contributed by atoms with van der Waals surface area (Å²) in [6.45, 7) is 0.712. The minimum atomic E-state index is -4.66. The number of rotatable bonds is 6. The summed E-state index contributed by atoms with van der Waals surface area (Å²) in [7, 11) is -3.06. The number of hydrogen-bond acceptors (Lipinski definition) is 7. The molecule has 43 heavy (non-hydrogen) atoms. The van der Waals surface area contributed by atoms with Gasteiger partial charge >= 0.3 is 6.18 Å². The topological polar surface area (TPSA) is 130 Å². The molecule has 1 aromatic heterocycles. The fraction of sp³-hybridized carbons (Fsp3) is 0.452. The lowest BCUT2D eigenvalue weighted by Gasteiger charge is -2.44. The number of benzene rings is 2. The Kier molecular flexibility index (Phi) is 7.07. The maximum atomic E-state index is 14.0. The number of nitrogens with two attached hydrogens (primary N) is 1. The second-order valence-electron chi connectivity index (χ2n) is 11.8. The van der Waals surface area contributed by atoms with Gasteiger partial charge in [-0.25, -0.2) is 13.4 Å². The standard InChI is InChI=1S/C31H31F3N4O4S/c32-31(33,34)23-6-2-1-5-22(23)27-37-25(20-8-10-21(11-9-20)38-15-17-43(40,41)18-16-38)26(42-27)24-7-3-4-12-30(24,28(36)39)29(19-35)13-14-29/h1-2,5-6,8-11,24H,3-4,7,12-18H2,(H2,36,39). The molecule has 2 saturated carbocycles. The molecule has 2 aromatic carbocycles.